The van der Waals surface area contributed by atoms with E-state index < -0.39 is 0 Å². The van der Waals surface area contributed by atoms with Crippen LogP contribution >= 0.6 is 0 Å². The summed E-state index contributed by atoms with van der Waals surface area (Å²) in [5, 5.41) is 1.38. The van der Waals surface area contributed by atoms with Gasteiger partial charge in [-0.1, -0.05) is 48.9 Å². The highest BCUT2D eigenvalue weighted by atomic mass is 15.0. The number of allylic oxidation sites excluding steroid dienone is 1. The Kier molecular flexibility index (Phi) is 3.57. The zero-order valence-corrected chi connectivity index (χ0v) is 13.9. The van der Waals surface area contributed by atoms with Gasteiger partial charge in [0.05, 0.1) is 5.52 Å². The van der Waals surface area contributed by atoms with Gasteiger partial charge in [0.1, 0.15) is 0 Å². The maximum Gasteiger partial charge on any atom is 0.0537 e. The molecule has 0 saturated heterocycles. The molecule has 4 rings (SSSR count). The second-order valence-corrected chi connectivity index (χ2v) is 6.83. The van der Waals surface area contributed by atoms with Crippen LogP contribution in [0, 0.1) is 12.8 Å². The highest BCUT2D eigenvalue weighted by molar-refractivity contribution is 5.93. The molecule has 1 nitrogen and oxygen atoms in total. The van der Waals surface area contributed by atoms with E-state index in [0.717, 1.165) is 12.3 Å². The molecule has 0 fully saturated rings. The molecule has 1 aromatic heterocycles. The second kappa shape index (κ2) is 5.73. The van der Waals surface area contributed by atoms with E-state index in [2.05, 4.69) is 79.1 Å². The molecule has 0 aliphatic heterocycles. The Labute approximate surface area is 138 Å². The minimum atomic E-state index is 0.753. The first-order chi connectivity index (χ1) is 11.2. The number of rotatable bonds is 1. The Bertz CT molecular complexity index is 868. The van der Waals surface area contributed by atoms with Crippen LogP contribution in [-0.4, -0.2) is 4.57 Å². The lowest BCUT2D eigenvalue weighted by Gasteiger charge is -2.16. The van der Waals surface area contributed by atoms with E-state index >= 15 is 0 Å². The van der Waals surface area contributed by atoms with Gasteiger partial charge in [0.25, 0.3) is 0 Å². The predicted octanol–water partition coefficient (Wildman–Crippen LogP) is 5.92. The highest BCUT2D eigenvalue weighted by Crippen LogP contribution is 2.34. The molecular formula is C22H23N. The molecule has 0 radical (unpaired) electrons. The highest BCUT2D eigenvalue weighted by Gasteiger charge is 2.18. The van der Waals surface area contributed by atoms with Crippen molar-refractivity contribution in [1.29, 1.82) is 0 Å². The lowest BCUT2D eigenvalue weighted by molar-refractivity contribution is 0.533. The summed E-state index contributed by atoms with van der Waals surface area (Å²) >= 11 is 0. The van der Waals surface area contributed by atoms with Crippen molar-refractivity contribution in [3.8, 4) is 5.69 Å². The van der Waals surface area contributed by atoms with Crippen LogP contribution in [0.3, 0.4) is 0 Å². The van der Waals surface area contributed by atoms with Gasteiger partial charge in [-0.05, 0) is 56.4 Å². The van der Waals surface area contributed by atoms with Crippen LogP contribution in [0.5, 0.6) is 0 Å². The summed E-state index contributed by atoms with van der Waals surface area (Å²) in [4.78, 5) is 0. The third-order valence-corrected chi connectivity index (χ3v) is 4.98. The average molecular weight is 301 g/mol. The summed E-state index contributed by atoms with van der Waals surface area (Å²) in [5.41, 5.74) is 6.80. The summed E-state index contributed by atoms with van der Waals surface area (Å²) in [6, 6.07) is 17.6. The number of aromatic nitrogens is 1. The average Bonchev–Trinajstić information content (AvgIpc) is 2.84. The third-order valence-electron chi connectivity index (χ3n) is 4.98. The minimum absolute atomic E-state index is 0.753. The second-order valence-electron chi connectivity index (χ2n) is 6.83. The van der Waals surface area contributed by atoms with Gasteiger partial charge in [-0.3, -0.25) is 0 Å². The van der Waals surface area contributed by atoms with Crippen LogP contribution < -0.4 is 0 Å². The van der Waals surface area contributed by atoms with E-state index in [-0.39, 0.29) is 0 Å². The lowest BCUT2D eigenvalue weighted by Crippen LogP contribution is -2.05. The van der Waals surface area contributed by atoms with E-state index in [1.54, 1.807) is 0 Å². The number of fused-ring (bicyclic) bond motifs is 3. The van der Waals surface area contributed by atoms with Crippen molar-refractivity contribution in [2.45, 2.75) is 33.1 Å². The van der Waals surface area contributed by atoms with Crippen molar-refractivity contribution in [1.82, 2.24) is 4.57 Å². The molecule has 1 atom stereocenters. The van der Waals surface area contributed by atoms with Crippen molar-refractivity contribution < 1.29 is 0 Å². The van der Waals surface area contributed by atoms with Gasteiger partial charge < -0.3 is 4.57 Å². The van der Waals surface area contributed by atoms with Gasteiger partial charge in [-0.2, -0.15) is 0 Å². The van der Waals surface area contributed by atoms with Crippen molar-refractivity contribution >= 4 is 17.0 Å². The molecule has 0 N–H and O–H groups in total. The van der Waals surface area contributed by atoms with Crippen LogP contribution in [0.25, 0.3) is 22.7 Å². The first-order valence-corrected chi connectivity index (χ1v) is 8.60. The fourth-order valence-corrected chi connectivity index (χ4v) is 3.71. The smallest absolute Gasteiger partial charge is 0.0537 e. The topological polar surface area (TPSA) is 4.93 Å². The fraction of sp³-hybridized carbons (Fsp3) is 0.273. The van der Waals surface area contributed by atoms with E-state index in [1.807, 2.05) is 0 Å². The van der Waals surface area contributed by atoms with Crippen LogP contribution in [0.15, 0.2) is 54.6 Å². The van der Waals surface area contributed by atoms with Crippen molar-refractivity contribution in [2.24, 2.45) is 5.92 Å². The molecule has 1 heteroatoms. The minimum Gasteiger partial charge on any atom is -0.313 e. The van der Waals surface area contributed by atoms with Gasteiger partial charge in [0.15, 0.2) is 0 Å². The standard InChI is InChI=1S/C22H23N/c1-16-7-6-10-19-20-15-17(2)12-14-22(20)23(21(19)13-11-16)18-8-4-3-5-9-18/h3-6,8-10,12,14-16H,7,11,13H2,1-2H3. The molecule has 116 valence electrons. The number of hydrogen-bond acceptors (Lipinski definition) is 0. The summed E-state index contributed by atoms with van der Waals surface area (Å²) in [6.07, 6.45) is 8.29. The molecule has 2 aromatic carbocycles. The lowest BCUT2D eigenvalue weighted by atomic mass is 9.95. The quantitative estimate of drug-likeness (QED) is 0.525. The first-order valence-electron chi connectivity index (χ1n) is 8.60. The van der Waals surface area contributed by atoms with Crippen molar-refractivity contribution in [3.05, 3.63) is 71.4 Å². The van der Waals surface area contributed by atoms with Gasteiger partial charge in [0.2, 0.25) is 0 Å². The number of nitrogens with zero attached hydrogens (tertiary/aromatic N) is 1. The zero-order chi connectivity index (χ0) is 15.8. The Morgan fingerprint density at radius 3 is 2.70 bits per heavy atom. The number of para-hydroxylation sites is 1. The first kappa shape index (κ1) is 14.3. The van der Waals surface area contributed by atoms with E-state index in [0.29, 0.717) is 0 Å². The maximum absolute atomic E-state index is 2.46. The van der Waals surface area contributed by atoms with Gasteiger partial charge in [0, 0.05) is 22.3 Å². The number of aryl methyl sites for hydroxylation is 1. The summed E-state index contributed by atoms with van der Waals surface area (Å²) in [5.74, 6) is 0.753. The Morgan fingerprint density at radius 2 is 1.87 bits per heavy atom. The van der Waals surface area contributed by atoms with Gasteiger partial charge in [-0.15, -0.1) is 0 Å². The summed E-state index contributed by atoms with van der Waals surface area (Å²) in [6.45, 7) is 4.54. The predicted molar refractivity (Wildman–Crippen MR) is 99.1 cm³/mol. The monoisotopic (exact) mass is 301 g/mol. The Balaban J connectivity index is 2.05. The van der Waals surface area contributed by atoms with E-state index in [4.69, 9.17) is 0 Å². The van der Waals surface area contributed by atoms with Crippen LogP contribution in [0.2, 0.25) is 0 Å². The third kappa shape index (κ3) is 2.50. The normalized spacial score (nSPS) is 17.7. The Morgan fingerprint density at radius 1 is 1.04 bits per heavy atom. The number of benzene rings is 2. The van der Waals surface area contributed by atoms with E-state index in [9.17, 15) is 0 Å². The molecule has 0 saturated carbocycles. The molecule has 1 unspecified atom stereocenters. The maximum atomic E-state index is 2.46. The van der Waals surface area contributed by atoms with Crippen LogP contribution in [-0.2, 0) is 6.42 Å². The molecule has 1 heterocycles. The van der Waals surface area contributed by atoms with E-state index in [1.165, 1.54) is 46.3 Å². The van der Waals surface area contributed by atoms with Gasteiger partial charge in [-0.25, -0.2) is 0 Å². The van der Waals surface area contributed by atoms with Crippen molar-refractivity contribution in [3.63, 3.8) is 0 Å². The molecule has 0 spiro atoms. The molecule has 3 aromatic rings. The van der Waals surface area contributed by atoms with Crippen molar-refractivity contribution in [2.75, 3.05) is 0 Å². The summed E-state index contributed by atoms with van der Waals surface area (Å²) < 4.78 is 2.46. The zero-order valence-electron chi connectivity index (χ0n) is 13.9. The number of hydrogen-bond donors (Lipinski definition) is 0. The Hall–Kier alpha value is -2.28. The summed E-state index contributed by atoms with van der Waals surface area (Å²) in [7, 11) is 0. The van der Waals surface area contributed by atoms with Gasteiger partial charge >= 0.3 is 0 Å². The SMILES string of the molecule is Cc1ccc2c(c1)c1c(n2-c2ccccc2)CCC(C)CC=C1. The van der Waals surface area contributed by atoms with Crippen LogP contribution in [0.1, 0.15) is 36.6 Å². The fourth-order valence-electron chi connectivity index (χ4n) is 3.71. The molecule has 0 bridgehead atoms. The largest absolute Gasteiger partial charge is 0.313 e. The molecule has 0 amide bonds. The molecule has 1 aliphatic carbocycles. The molecular weight excluding hydrogens is 278 g/mol. The molecule has 1 aliphatic rings. The van der Waals surface area contributed by atoms with Crippen LogP contribution in [0.4, 0.5) is 0 Å². The molecule has 23 heavy (non-hydrogen) atoms.